The van der Waals surface area contributed by atoms with Crippen molar-refractivity contribution in [3.8, 4) is 0 Å². The third-order valence-electron chi connectivity index (χ3n) is 4.63. The number of hydrogen-bond donors (Lipinski definition) is 0. The number of hydrogen-bond acceptors (Lipinski definition) is 4. The first kappa shape index (κ1) is 14.2. The van der Waals surface area contributed by atoms with Crippen molar-refractivity contribution in [1.82, 2.24) is 9.97 Å². The lowest BCUT2D eigenvalue weighted by Crippen LogP contribution is -2.33. The van der Waals surface area contributed by atoms with Gasteiger partial charge in [0.25, 0.3) is 5.91 Å². The van der Waals surface area contributed by atoms with Gasteiger partial charge in [0.05, 0.1) is 0 Å². The first-order valence-corrected chi connectivity index (χ1v) is 8.31. The number of rotatable bonds is 2. The Morgan fingerprint density at radius 2 is 1.83 bits per heavy atom. The van der Waals surface area contributed by atoms with Crippen molar-refractivity contribution in [1.29, 1.82) is 0 Å². The van der Waals surface area contributed by atoms with Gasteiger partial charge >= 0.3 is 0 Å². The topological polar surface area (TPSA) is 49.3 Å². The summed E-state index contributed by atoms with van der Waals surface area (Å²) < 4.78 is 0. The number of benzene rings is 1. The summed E-state index contributed by atoms with van der Waals surface area (Å²) in [6.45, 7) is 2.68. The summed E-state index contributed by atoms with van der Waals surface area (Å²) in [6, 6.07) is 9.81. The van der Waals surface area contributed by atoms with Crippen LogP contribution in [0.1, 0.15) is 35.3 Å². The predicted octanol–water partition coefficient (Wildman–Crippen LogP) is 2.67. The maximum Gasteiger partial charge on any atom is 0.277 e. The van der Waals surface area contributed by atoms with Crippen LogP contribution in [0.15, 0.2) is 36.5 Å². The number of amides is 1. The highest BCUT2D eigenvalue weighted by atomic mass is 16.2. The minimum atomic E-state index is -0.0318. The smallest absolute Gasteiger partial charge is 0.277 e. The molecule has 0 saturated carbocycles. The summed E-state index contributed by atoms with van der Waals surface area (Å²) in [4.78, 5) is 25.8. The summed E-state index contributed by atoms with van der Waals surface area (Å²) >= 11 is 0. The van der Waals surface area contributed by atoms with Crippen molar-refractivity contribution in [3.63, 3.8) is 0 Å². The van der Waals surface area contributed by atoms with Crippen LogP contribution in [-0.4, -0.2) is 35.5 Å². The van der Waals surface area contributed by atoms with E-state index >= 15 is 0 Å². The van der Waals surface area contributed by atoms with E-state index in [9.17, 15) is 4.79 Å². The minimum absolute atomic E-state index is 0.0318. The fourth-order valence-corrected chi connectivity index (χ4v) is 3.40. The van der Waals surface area contributed by atoms with Gasteiger partial charge in [-0.05, 0) is 43.4 Å². The highest BCUT2D eigenvalue weighted by Crippen LogP contribution is 2.28. The summed E-state index contributed by atoms with van der Waals surface area (Å²) in [5.41, 5.74) is 2.72. The Labute approximate surface area is 136 Å². The number of aromatic nitrogens is 2. The van der Waals surface area contributed by atoms with Gasteiger partial charge in [0.2, 0.25) is 5.95 Å². The molecule has 2 aliphatic rings. The monoisotopic (exact) mass is 308 g/mol. The normalized spacial score (nSPS) is 17.2. The molecule has 5 heteroatoms. The first-order valence-electron chi connectivity index (χ1n) is 8.31. The maximum absolute atomic E-state index is 12.9. The second-order valence-electron chi connectivity index (χ2n) is 6.13. The Morgan fingerprint density at radius 3 is 2.70 bits per heavy atom. The van der Waals surface area contributed by atoms with E-state index in [-0.39, 0.29) is 5.91 Å². The number of piperidine rings is 1. The molecule has 0 spiro atoms. The number of carbonyl (C=O) groups excluding carboxylic acids is 1. The molecule has 5 nitrogen and oxygen atoms in total. The molecule has 0 unspecified atom stereocenters. The van der Waals surface area contributed by atoms with E-state index in [0.29, 0.717) is 11.6 Å². The molecule has 3 heterocycles. The molecule has 1 fully saturated rings. The maximum atomic E-state index is 12.9. The molecule has 1 aromatic heterocycles. The molecule has 1 amide bonds. The van der Waals surface area contributed by atoms with Gasteiger partial charge in [0.1, 0.15) is 5.69 Å². The zero-order valence-corrected chi connectivity index (χ0v) is 13.1. The van der Waals surface area contributed by atoms with Gasteiger partial charge < -0.3 is 9.80 Å². The Bertz CT molecular complexity index is 724. The van der Waals surface area contributed by atoms with Crippen molar-refractivity contribution in [2.45, 2.75) is 25.7 Å². The van der Waals surface area contributed by atoms with E-state index in [2.05, 4.69) is 20.9 Å². The van der Waals surface area contributed by atoms with E-state index in [4.69, 9.17) is 0 Å². The van der Waals surface area contributed by atoms with Crippen molar-refractivity contribution in [2.24, 2.45) is 0 Å². The molecule has 0 atom stereocenters. The van der Waals surface area contributed by atoms with Crippen LogP contribution in [0, 0.1) is 0 Å². The molecule has 23 heavy (non-hydrogen) atoms. The summed E-state index contributed by atoms with van der Waals surface area (Å²) in [6.07, 6.45) is 6.21. The number of para-hydroxylation sites is 1. The molecule has 0 radical (unpaired) electrons. The molecule has 0 bridgehead atoms. The van der Waals surface area contributed by atoms with Gasteiger partial charge in [-0.25, -0.2) is 9.97 Å². The van der Waals surface area contributed by atoms with Crippen molar-refractivity contribution in [3.05, 3.63) is 47.8 Å². The average Bonchev–Trinajstić information content (AvgIpc) is 3.06. The molecule has 0 N–H and O–H groups in total. The molecule has 1 saturated heterocycles. The van der Waals surface area contributed by atoms with Gasteiger partial charge in [-0.3, -0.25) is 4.79 Å². The van der Waals surface area contributed by atoms with Gasteiger partial charge in [0.15, 0.2) is 0 Å². The third kappa shape index (κ3) is 2.67. The first-order chi connectivity index (χ1) is 11.3. The average molecular weight is 308 g/mol. The fraction of sp³-hybridized carbons (Fsp3) is 0.389. The Kier molecular flexibility index (Phi) is 3.69. The zero-order valence-electron chi connectivity index (χ0n) is 13.1. The van der Waals surface area contributed by atoms with E-state index in [1.165, 1.54) is 24.8 Å². The SMILES string of the molecule is O=C(c1ccnc(N2CCCCC2)n1)N1CCc2ccccc21. The minimum Gasteiger partial charge on any atom is -0.341 e. The van der Waals surface area contributed by atoms with Gasteiger partial charge in [-0.1, -0.05) is 18.2 Å². The Hall–Kier alpha value is -2.43. The standard InChI is InChI=1S/C18H20N4O/c23-17(22-13-9-14-6-2-3-7-16(14)22)15-8-10-19-18(20-15)21-11-4-1-5-12-21/h2-3,6-8,10H,1,4-5,9,11-13H2. The third-order valence-corrected chi connectivity index (χ3v) is 4.63. The molecular formula is C18H20N4O. The zero-order chi connectivity index (χ0) is 15.6. The lowest BCUT2D eigenvalue weighted by molar-refractivity contribution is 0.0984. The van der Waals surface area contributed by atoms with Crippen LogP contribution in [0.3, 0.4) is 0 Å². The molecule has 0 aliphatic carbocycles. The lowest BCUT2D eigenvalue weighted by Gasteiger charge is -2.26. The van der Waals surface area contributed by atoms with Crippen LogP contribution in [0.2, 0.25) is 0 Å². The fourth-order valence-electron chi connectivity index (χ4n) is 3.40. The number of anilines is 2. The van der Waals surface area contributed by atoms with Gasteiger partial charge in [0, 0.05) is 31.5 Å². The quantitative estimate of drug-likeness (QED) is 0.856. The highest BCUT2D eigenvalue weighted by Gasteiger charge is 2.26. The van der Waals surface area contributed by atoms with Crippen LogP contribution >= 0.6 is 0 Å². The van der Waals surface area contributed by atoms with Crippen LogP contribution in [-0.2, 0) is 6.42 Å². The highest BCUT2D eigenvalue weighted by molar-refractivity contribution is 6.06. The predicted molar refractivity (Wildman–Crippen MR) is 89.9 cm³/mol. The van der Waals surface area contributed by atoms with Crippen LogP contribution in [0.25, 0.3) is 0 Å². The van der Waals surface area contributed by atoms with E-state index in [0.717, 1.165) is 31.7 Å². The van der Waals surface area contributed by atoms with Crippen LogP contribution < -0.4 is 9.80 Å². The molecular weight excluding hydrogens is 288 g/mol. The van der Waals surface area contributed by atoms with E-state index in [1.54, 1.807) is 12.3 Å². The molecule has 4 rings (SSSR count). The van der Waals surface area contributed by atoms with E-state index in [1.807, 2.05) is 23.1 Å². The van der Waals surface area contributed by atoms with Gasteiger partial charge in [-0.2, -0.15) is 0 Å². The second kappa shape index (κ2) is 5.99. The summed E-state index contributed by atoms with van der Waals surface area (Å²) in [5, 5.41) is 0. The molecule has 2 aliphatic heterocycles. The van der Waals surface area contributed by atoms with E-state index < -0.39 is 0 Å². The largest absolute Gasteiger partial charge is 0.341 e. The summed E-state index contributed by atoms with van der Waals surface area (Å²) in [5.74, 6) is 0.652. The number of carbonyl (C=O) groups is 1. The molecule has 1 aromatic carbocycles. The summed E-state index contributed by atoms with van der Waals surface area (Å²) in [7, 11) is 0. The van der Waals surface area contributed by atoms with Crippen molar-refractivity contribution >= 4 is 17.5 Å². The Morgan fingerprint density at radius 1 is 1.00 bits per heavy atom. The number of nitrogens with zero attached hydrogens (tertiary/aromatic N) is 4. The van der Waals surface area contributed by atoms with Crippen molar-refractivity contribution in [2.75, 3.05) is 29.4 Å². The second-order valence-corrected chi connectivity index (χ2v) is 6.13. The molecule has 118 valence electrons. The molecule has 2 aromatic rings. The Balaban J connectivity index is 1.60. The van der Waals surface area contributed by atoms with Crippen LogP contribution in [0.5, 0.6) is 0 Å². The number of fused-ring (bicyclic) bond motifs is 1. The van der Waals surface area contributed by atoms with Crippen LogP contribution in [0.4, 0.5) is 11.6 Å². The van der Waals surface area contributed by atoms with Gasteiger partial charge in [-0.15, -0.1) is 0 Å². The van der Waals surface area contributed by atoms with Crippen molar-refractivity contribution < 1.29 is 4.79 Å². The lowest BCUT2D eigenvalue weighted by atomic mass is 10.1.